The van der Waals surface area contributed by atoms with Crippen LogP contribution in [0, 0.1) is 13.8 Å². The number of hydrogen-bond donors (Lipinski definition) is 1. The molecule has 0 aliphatic heterocycles. The fourth-order valence-corrected chi connectivity index (χ4v) is 1.87. The first kappa shape index (κ1) is 11.4. The third-order valence-corrected chi connectivity index (χ3v) is 3.45. The van der Waals surface area contributed by atoms with Crippen molar-refractivity contribution in [3.05, 3.63) is 45.7 Å². The summed E-state index contributed by atoms with van der Waals surface area (Å²) in [7, 11) is 0. The molecule has 2 rings (SSSR count). The van der Waals surface area contributed by atoms with Crippen molar-refractivity contribution in [2.45, 2.75) is 20.5 Å². The van der Waals surface area contributed by atoms with Crippen LogP contribution in [0.5, 0.6) is 0 Å². The minimum atomic E-state index is 0.0267. The molecule has 0 aliphatic carbocycles. The Morgan fingerprint density at radius 3 is 2.69 bits per heavy atom. The van der Waals surface area contributed by atoms with Gasteiger partial charge in [0.05, 0.1) is 18.0 Å². The van der Waals surface area contributed by atoms with Crippen LogP contribution in [0.25, 0.3) is 5.69 Å². The molecule has 1 heterocycles. The van der Waals surface area contributed by atoms with Crippen LogP contribution in [0.1, 0.15) is 16.8 Å². The monoisotopic (exact) mass is 280 g/mol. The van der Waals surface area contributed by atoms with Gasteiger partial charge in [0, 0.05) is 16.2 Å². The average molecular weight is 281 g/mol. The number of nitrogens with zero attached hydrogens (tertiary/aromatic N) is 2. The molecule has 0 bridgehead atoms. The first-order chi connectivity index (χ1) is 7.61. The summed E-state index contributed by atoms with van der Waals surface area (Å²) in [5.41, 5.74) is 3.89. The molecule has 0 amide bonds. The number of halogens is 1. The summed E-state index contributed by atoms with van der Waals surface area (Å²) in [6, 6.07) is 6.06. The van der Waals surface area contributed by atoms with E-state index in [-0.39, 0.29) is 6.61 Å². The van der Waals surface area contributed by atoms with Crippen molar-refractivity contribution in [3.8, 4) is 5.69 Å². The average Bonchev–Trinajstić information content (AvgIpc) is 2.64. The highest BCUT2D eigenvalue weighted by Gasteiger charge is 2.06. The van der Waals surface area contributed by atoms with E-state index < -0.39 is 0 Å². The summed E-state index contributed by atoms with van der Waals surface area (Å²) in [6.07, 6.45) is 1.85. The molecule has 1 aromatic heterocycles. The van der Waals surface area contributed by atoms with Gasteiger partial charge in [0.15, 0.2) is 0 Å². The van der Waals surface area contributed by atoms with E-state index in [2.05, 4.69) is 21.0 Å². The molecule has 2 aromatic rings. The van der Waals surface area contributed by atoms with Gasteiger partial charge in [-0.3, -0.25) is 0 Å². The molecule has 3 nitrogen and oxygen atoms in total. The maximum atomic E-state index is 9.11. The normalized spacial score (nSPS) is 10.8. The number of aromatic nitrogens is 2. The summed E-state index contributed by atoms with van der Waals surface area (Å²) in [5.74, 6) is 0. The number of aliphatic hydroxyl groups is 1. The fraction of sp³-hybridized carbons (Fsp3) is 0.250. The molecule has 84 valence electrons. The quantitative estimate of drug-likeness (QED) is 0.919. The standard InChI is InChI=1S/C12H13BrN2O/c1-8-3-4-11(5-12(8)13)15-6-10(7-16)9(2)14-15/h3-6,16H,7H2,1-2H3. The summed E-state index contributed by atoms with van der Waals surface area (Å²) in [6.45, 7) is 3.96. The summed E-state index contributed by atoms with van der Waals surface area (Å²) in [5, 5.41) is 13.5. The lowest BCUT2D eigenvalue weighted by Crippen LogP contribution is -1.95. The Bertz CT molecular complexity index is 520. The molecule has 0 unspecified atom stereocenters. The van der Waals surface area contributed by atoms with Crippen molar-refractivity contribution in [2.24, 2.45) is 0 Å². The predicted molar refractivity (Wildman–Crippen MR) is 66.7 cm³/mol. The van der Waals surface area contributed by atoms with Gasteiger partial charge in [-0.15, -0.1) is 0 Å². The molecule has 0 radical (unpaired) electrons. The van der Waals surface area contributed by atoms with Gasteiger partial charge in [0.25, 0.3) is 0 Å². The zero-order chi connectivity index (χ0) is 11.7. The highest BCUT2D eigenvalue weighted by molar-refractivity contribution is 9.10. The Morgan fingerprint density at radius 2 is 2.12 bits per heavy atom. The molecule has 0 aliphatic rings. The first-order valence-corrected chi connectivity index (χ1v) is 5.83. The Kier molecular flexibility index (Phi) is 3.12. The van der Waals surface area contributed by atoms with Crippen molar-refractivity contribution in [2.75, 3.05) is 0 Å². The van der Waals surface area contributed by atoms with E-state index >= 15 is 0 Å². The molecule has 4 heteroatoms. The Balaban J connectivity index is 2.46. The lowest BCUT2D eigenvalue weighted by molar-refractivity contribution is 0.281. The fourth-order valence-electron chi connectivity index (χ4n) is 1.51. The molecule has 0 saturated carbocycles. The van der Waals surface area contributed by atoms with Gasteiger partial charge < -0.3 is 5.11 Å². The van der Waals surface area contributed by atoms with Gasteiger partial charge in [0.2, 0.25) is 0 Å². The molecule has 0 saturated heterocycles. The van der Waals surface area contributed by atoms with Gasteiger partial charge in [-0.25, -0.2) is 4.68 Å². The van der Waals surface area contributed by atoms with Gasteiger partial charge in [0.1, 0.15) is 0 Å². The Hall–Kier alpha value is -1.13. The third kappa shape index (κ3) is 2.03. The van der Waals surface area contributed by atoms with Crippen LogP contribution in [-0.2, 0) is 6.61 Å². The molecule has 1 N–H and O–H groups in total. The van der Waals surface area contributed by atoms with Crippen LogP contribution in [0.15, 0.2) is 28.9 Å². The van der Waals surface area contributed by atoms with E-state index in [1.807, 2.05) is 38.2 Å². The third-order valence-electron chi connectivity index (χ3n) is 2.59. The van der Waals surface area contributed by atoms with E-state index in [0.717, 1.165) is 21.4 Å². The number of rotatable bonds is 2. The Morgan fingerprint density at radius 1 is 1.38 bits per heavy atom. The van der Waals surface area contributed by atoms with E-state index in [0.29, 0.717) is 0 Å². The second kappa shape index (κ2) is 4.39. The van der Waals surface area contributed by atoms with E-state index in [9.17, 15) is 0 Å². The van der Waals surface area contributed by atoms with Gasteiger partial charge in [-0.2, -0.15) is 5.10 Å². The molecule has 0 atom stereocenters. The largest absolute Gasteiger partial charge is 0.392 e. The van der Waals surface area contributed by atoms with Crippen molar-refractivity contribution in [3.63, 3.8) is 0 Å². The van der Waals surface area contributed by atoms with Gasteiger partial charge in [-0.1, -0.05) is 22.0 Å². The molecule has 0 spiro atoms. The van der Waals surface area contributed by atoms with Gasteiger partial charge in [-0.05, 0) is 31.5 Å². The van der Waals surface area contributed by atoms with Crippen LogP contribution in [-0.4, -0.2) is 14.9 Å². The second-order valence-corrected chi connectivity index (χ2v) is 4.63. The maximum absolute atomic E-state index is 9.11. The van der Waals surface area contributed by atoms with Crippen LogP contribution in [0.4, 0.5) is 0 Å². The van der Waals surface area contributed by atoms with Crippen molar-refractivity contribution in [1.82, 2.24) is 9.78 Å². The summed E-state index contributed by atoms with van der Waals surface area (Å²) >= 11 is 3.50. The zero-order valence-electron chi connectivity index (χ0n) is 9.24. The topological polar surface area (TPSA) is 38.0 Å². The molecule has 0 fully saturated rings. The van der Waals surface area contributed by atoms with Crippen LogP contribution in [0.2, 0.25) is 0 Å². The van der Waals surface area contributed by atoms with E-state index in [4.69, 9.17) is 5.11 Å². The predicted octanol–water partition coefficient (Wildman–Crippen LogP) is 2.74. The second-order valence-electron chi connectivity index (χ2n) is 3.78. The minimum absolute atomic E-state index is 0.0267. The van der Waals surface area contributed by atoms with Crippen molar-refractivity contribution < 1.29 is 5.11 Å². The van der Waals surface area contributed by atoms with Crippen LogP contribution < -0.4 is 0 Å². The number of hydrogen-bond acceptors (Lipinski definition) is 2. The molecular formula is C12H13BrN2O. The van der Waals surface area contributed by atoms with E-state index in [1.54, 1.807) is 4.68 Å². The van der Waals surface area contributed by atoms with E-state index in [1.165, 1.54) is 5.56 Å². The number of benzene rings is 1. The number of aryl methyl sites for hydroxylation is 2. The van der Waals surface area contributed by atoms with Crippen molar-refractivity contribution in [1.29, 1.82) is 0 Å². The smallest absolute Gasteiger partial charge is 0.0715 e. The lowest BCUT2D eigenvalue weighted by atomic mass is 10.2. The highest BCUT2D eigenvalue weighted by atomic mass is 79.9. The highest BCUT2D eigenvalue weighted by Crippen LogP contribution is 2.20. The minimum Gasteiger partial charge on any atom is -0.392 e. The zero-order valence-corrected chi connectivity index (χ0v) is 10.8. The Labute approximate surface area is 103 Å². The van der Waals surface area contributed by atoms with Crippen molar-refractivity contribution >= 4 is 15.9 Å². The van der Waals surface area contributed by atoms with Crippen LogP contribution in [0.3, 0.4) is 0 Å². The van der Waals surface area contributed by atoms with Crippen LogP contribution >= 0.6 is 15.9 Å². The van der Waals surface area contributed by atoms with Gasteiger partial charge >= 0.3 is 0 Å². The molecule has 1 aromatic carbocycles. The number of aliphatic hydroxyl groups excluding tert-OH is 1. The summed E-state index contributed by atoms with van der Waals surface area (Å²) in [4.78, 5) is 0. The molecular weight excluding hydrogens is 268 g/mol. The SMILES string of the molecule is Cc1ccc(-n2cc(CO)c(C)n2)cc1Br. The summed E-state index contributed by atoms with van der Waals surface area (Å²) < 4.78 is 2.84. The molecule has 16 heavy (non-hydrogen) atoms. The lowest BCUT2D eigenvalue weighted by Gasteiger charge is -2.03. The maximum Gasteiger partial charge on any atom is 0.0715 e. The first-order valence-electron chi connectivity index (χ1n) is 5.04.